The second-order valence-electron chi connectivity index (χ2n) is 3.87. The Kier molecular flexibility index (Phi) is 3.02. The number of hydrogen-bond acceptors (Lipinski definition) is 1. The van der Waals surface area contributed by atoms with Crippen molar-refractivity contribution in [3.05, 3.63) is 71.0 Å². The van der Waals surface area contributed by atoms with Gasteiger partial charge in [-0.3, -0.25) is 0 Å². The molecule has 0 aliphatic heterocycles. The van der Waals surface area contributed by atoms with E-state index in [1.807, 2.05) is 31.2 Å². The van der Waals surface area contributed by atoms with Crippen LogP contribution in [0.1, 0.15) is 22.8 Å². The summed E-state index contributed by atoms with van der Waals surface area (Å²) < 4.78 is 12.7. The smallest absolute Gasteiger partial charge is 0.123 e. The SMILES string of the molecule is Cc1cccc(C(O)c2ccc(F)cc2)c1. The molecule has 0 heterocycles. The average Bonchev–Trinajstić information content (AvgIpc) is 2.29. The van der Waals surface area contributed by atoms with E-state index in [1.54, 1.807) is 12.1 Å². The van der Waals surface area contributed by atoms with E-state index in [0.717, 1.165) is 11.1 Å². The van der Waals surface area contributed by atoms with E-state index in [9.17, 15) is 9.50 Å². The zero-order valence-corrected chi connectivity index (χ0v) is 9.02. The van der Waals surface area contributed by atoms with Gasteiger partial charge in [0.25, 0.3) is 0 Å². The molecule has 2 rings (SSSR count). The van der Waals surface area contributed by atoms with Crippen molar-refractivity contribution in [3.8, 4) is 0 Å². The van der Waals surface area contributed by atoms with E-state index >= 15 is 0 Å². The highest BCUT2D eigenvalue weighted by Crippen LogP contribution is 2.22. The van der Waals surface area contributed by atoms with Crippen molar-refractivity contribution in [2.45, 2.75) is 13.0 Å². The first-order chi connectivity index (χ1) is 7.66. The molecule has 0 saturated heterocycles. The summed E-state index contributed by atoms with van der Waals surface area (Å²) in [5, 5.41) is 10.1. The van der Waals surface area contributed by atoms with Crippen LogP contribution >= 0.6 is 0 Å². The van der Waals surface area contributed by atoms with Crippen molar-refractivity contribution in [1.29, 1.82) is 0 Å². The molecule has 1 N–H and O–H groups in total. The predicted molar refractivity (Wildman–Crippen MR) is 61.6 cm³/mol. The number of aryl methyl sites for hydroxylation is 1. The molecule has 2 aromatic rings. The van der Waals surface area contributed by atoms with E-state index in [4.69, 9.17) is 0 Å². The fourth-order valence-corrected chi connectivity index (χ4v) is 1.68. The highest BCUT2D eigenvalue weighted by molar-refractivity contribution is 5.32. The minimum absolute atomic E-state index is 0.291. The van der Waals surface area contributed by atoms with Gasteiger partial charge in [0.1, 0.15) is 11.9 Å². The van der Waals surface area contributed by atoms with Gasteiger partial charge < -0.3 is 5.11 Å². The highest BCUT2D eigenvalue weighted by atomic mass is 19.1. The third-order valence-electron chi connectivity index (χ3n) is 2.54. The molecule has 2 heteroatoms. The van der Waals surface area contributed by atoms with Crippen molar-refractivity contribution in [2.75, 3.05) is 0 Å². The van der Waals surface area contributed by atoms with Crippen LogP contribution in [0, 0.1) is 12.7 Å². The standard InChI is InChI=1S/C14H13FO/c1-10-3-2-4-12(9-10)14(16)11-5-7-13(15)8-6-11/h2-9,14,16H,1H3. The van der Waals surface area contributed by atoms with Crippen molar-refractivity contribution in [1.82, 2.24) is 0 Å². The van der Waals surface area contributed by atoms with E-state index in [1.165, 1.54) is 12.1 Å². The number of aliphatic hydroxyl groups excluding tert-OH is 1. The van der Waals surface area contributed by atoms with Crippen LogP contribution in [0.25, 0.3) is 0 Å². The lowest BCUT2D eigenvalue weighted by Gasteiger charge is -2.11. The van der Waals surface area contributed by atoms with Crippen LogP contribution in [0.4, 0.5) is 4.39 Å². The molecule has 82 valence electrons. The molecule has 0 saturated carbocycles. The zero-order chi connectivity index (χ0) is 11.5. The lowest BCUT2D eigenvalue weighted by Crippen LogP contribution is -1.99. The van der Waals surface area contributed by atoms with Crippen LogP contribution < -0.4 is 0 Å². The maximum Gasteiger partial charge on any atom is 0.123 e. The summed E-state index contributed by atoms with van der Waals surface area (Å²) in [6.07, 6.45) is -0.694. The third-order valence-corrected chi connectivity index (χ3v) is 2.54. The second-order valence-corrected chi connectivity index (χ2v) is 3.87. The Labute approximate surface area is 94.2 Å². The number of rotatable bonds is 2. The lowest BCUT2D eigenvalue weighted by molar-refractivity contribution is 0.220. The Morgan fingerprint density at radius 1 is 1.00 bits per heavy atom. The summed E-state index contributed by atoms with van der Waals surface area (Å²) in [6, 6.07) is 13.6. The van der Waals surface area contributed by atoms with Gasteiger partial charge in [-0.25, -0.2) is 4.39 Å². The van der Waals surface area contributed by atoms with Crippen LogP contribution in [0.2, 0.25) is 0 Å². The fraction of sp³-hybridized carbons (Fsp3) is 0.143. The Hall–Kier alpha value is -1.67. The summed E-state index contributed by atoms with van der Waals surface area (Å²) in [6.45, 7) is 1.97. The van der Waals surface area contributed by atoms with E-state index < -0.39 is 6.10 Å². The molecule has 0 fully saturated rings. The molecular formula is C14H13FO. The quantitative estimate of drug-likeness (QED) is 0.817. The van der Waals surface area contributed by atoms with Crippen molar-refractivity contribution >= 4 is 0 Å². The zero-order valence-electron chi connectivity index (χ0n) is 9.02. The molecule has 0 aliphatic carbocycles. The molecule has 0 radical (unpaired) electrons. The number of hydrogen-bond donors (Lipinski definition) is 1. The summed E-state index contributed by atoms with van der Waals surface area (Å²) in [5.74, 6) is -0.291. The van der Waals surface area contributed by atoms with Gasteiger partial charge >= 0.3 is 0 Å². The van der Waals surface area contributed by atoms with Gasteiger partial charge in [-0.2, -0.15) is 0 Å². The van der Waals surface area contributed by atoms with Gasteiger partial charge in [0.05, 0.1) is 0 Å². The molecule has 0 bridgehead atoms. The van der Waals surface area contributed by atoms with Crippen LogP contribution in [0.3, 0.4) is 0 Å². The van der Waals surface area contributed by atoms with Gasteiger partial charge in [0.2, 0.25) is 0 Å². The normalized spacial score (nSPS) is 12.4. The van der Waals surface area contributed by atoms with Crippen molar-refractivity contribution in [3.63, 3.8) is 0 Å². The van der Waals surface area contributed by atoms with Gasteiger partial charge in [-0.1, -0.05) is 42.0 Å². The van der Waals surface area contributed by atoms with Crippen molar-refractivity contribution < 1.29 is 9.50 Å². The minimum atomic E-state index is -0.694. The average molecular weight is 216 g/mol. The first kappa shape index (κ1) is 10.8. The molecule has 0 aromatic heterocycles. The van der Waals surface area contributed by atoms with Gasteiger partial charge in [-0.05, 0) is 30.2 Å². The number of halogens is 1. The summed E-state index contributed by atoms with van der Waals surface area (Å²) in [7, 11) is 0. The number of benzene rings is 2. The largest absolute Gasteiger partial charge is 0.384 e. The molecule has 0 aliphatic rings. The van der Waals surface area contributed by atoms with E-state index in [2.05, 4.69) is 0 Å². The first-order valence-corrected chi connectivity index (χ1v) is 5.17. The lowest BCUT2D eigenvalue weighted by atomic mass is 10.0. The third kappa shape index (κ3) is 2.28. The topological polar surface area (TPSA) is 20.2 Å². The monoisotopic (exact) mass is 216 g/mol. The molecular weight excluding hydrogens is 203 g/mol. The Morgan fingerprint density at radius 3 is 2.31 bits per heavy atom. The molecule has 1 unspecified atom stereocenters. The Bertz CT molecular complexity index is 476. The minimum Gasteiger partial charge on any atom is -0.384 e. The maximum atomic E-state index is 12.7. The number of aliphatic hydroxyl groups is 1. The first-order valence-electron chi connectivity index (χ1n) is 5.17. The molecule has 0 spiro atoms. The molecule has 2 aromatic carbocycles. The van der Waals surface area contributed by atoms with Crippen LogP contribution in [0.15, 0.2) is 48.5 Å². The molecule has 1 atom stereocenters. The Balaban J connectivity index is 2.31. The summed E-state index contributed by atoms with van der Waals surface area (Å²) in [5.41, 5.74) is 2.62. The Morgan fingerprint density at radius 2 is 1.69 bits per heavy atom. The predicted octanol–water partition coefficient (Wildman–Crippen LogP) is 3.22. The van der Waals surface area contributed by atoms with E-state index in [0.29, 0.717) is 5.56 Å². The highest BCUT2D eigenvalue weighted by Gasteiger charge is 2.09. The molecule has 0 amide bonds. The van der Waals surface area contributed by atoms with Crippen molar-refractivity contribution in [2.24, 2.45) is 0 Å². The van der Waals surface area contributed by atoms with E-state index in [-0.39, 0.29) is 5.82 Å². The van der Waals surface area contributed by atoms with Crippen LogP contribution in [-0.4, -0.2) is 5.11 Å². The molecule has 1 nitrogen and oxygen atoms in total. The fourth-order valence-electron chi connectivity index (χ4n) is 1.68. The van der Waals surface area contributed by atoms with Gasteiger partial charge in [-0.15, -0.1) is 0 Å². The second kappa shape index (κ2) is 4.45. The van der Waals surface area contributed by atoms with Gasteiger partial charge in [0.15, 0.2) is 0 Å². The summed E-state index contributed by atoms with van der Waals surface area (Å²) >= 11 is 0. The maximum absolute atomic E-state index is 12.7. The molecule has 16 heavy (non-hydrogen) atoms. The van der Waals surface area contributed by atoms with Crippen LogP contribution in [-0.2, 0) is 0 Å². The van der Waals surface area contributed by atoms with Crippen LogP contribution in [0.5, 0.6) is 0 Å². The van der Waals surface area contributed by atoms with Gasteiger partial charge in [0, 0.05) is 0 Å². The summed E-state index contributed by atoms with van der Waals surface area (Å²) in [4.78, 5) is 0.